The molecule has 5 aliphatic rings. The van der Waals surface area contributed by atoms with Crippen molar-refractivity contribution < 1.29 is 18.8 Å². The van der Waals surface area contributed by atoms with Gasteiger partial charge in [0.05, 0.1) is 42.5 Å². The molecule has 14 aromatic carbocycles. The van der Waals surface area contributed by atoms with Crippen molar-refractivity contribution in [3.8, 4) is 124 Å². The molecule has 0 atom stereocenters. The summed E-state index contributed by atoms with van der Waals surface area (Å²) in [6.45, 7) is 8.38. The van der Waals surface area contributed by atoms with Crippen LogP contribution in [0.15, 0.2) is 340 Å². The van der Waals surface area contributed by atoms with Crippen LogP contribution >= 0.6 is 34.3 Å². The molecular weight excluding hydrogens is 1490 g/mol. The number of nitrogens with zero attached hydrogens (tertiary/aromatic N) is 8. The van der Waals surface area contributed by atoms with E-state index in [1.165, 1.54) is 21.6 Å². The highest BCUT2D eigenvalue weighted by molar-refractivity contribution is 7.22. The second-order valence-corrected chi connectivity index (χ2v) is 32.9. The third-order valence-corrected chi connectivity index (χ3v) is 25.4. The predicted molar refractivity (Wildman–Crippen MR) is 466 cm³/mol. The molecule has 0 bridgehead atoms. The molecule has 12 nitrogen and oxygen atoms in total. The fourth-order valence-corrected chi connectivity index (χ4v) is 19.2. The Balaban J connectivity index is 0.000000129. The van der Waals surface area contributed by atoms with E-state index in [0.717, 1.165) is 149 Å². The quantitative estimate of drug-likeness (QED) is 0.134. The average Bonchev–Trinajstić information content (AvgIpc) is 1.51. The zero-order chi connectivity index (χ0) is 77.9. The lowest BCUT2D eigenvalue weighted by molar-refractivity contribution is 0.00578. The number of benzene rings is 14. The molecule has 2 spiro atoms. The van der Waals surface area contributed by atoms with Crippen molar-refractivity contribution in [2.24, 2.45) is 0 Å². The zero-order valence-electron chi connectivity index (χ0n) is 63.3. The van der Waals surface area contributed by atoms with Crippen LogP contribution in [0.4, 0.5) is 0 Å². The summed E-state index contributed by atoms with van der Waals surface area (Å²) in [5, 5.41) is 0.992. The number of para-hydroxylation sites is 6. The lowest BCUT2D eigenvalue weighted by Gasteiger charge is -2.39. The molecule has 7 heterocycles. The Morgan fingerprint density at radius 1 is 0.276 bits per heavy atom. The molecule has 0 saturated carbocycles. The second kappa shape index (κ2) is 28.1. The standard InChI is InChI=1S/C47H28N4OS.C46H36BN3O3.C7H4ClNS/c1-3-14-29(15-4-1)43-49-44(30-16-5-2-6-17-30)51-45(50-43)33-18-13-21-36-42(33)32-27-26-31(46-48-38-22-9-12-25-41(38)53-46)28-37(32)47(36)34-19-7-10-23-39(34)52-40-24-11-8-20-35(40)47;1-44(2)45(3,4)53-47(52-44)31-26-27-32-37(28-31)46(34-21-11-13-24-38(34)51-39-25-14-12-22-35(39)46)36-23-15-20-33(40(32)36)43-49-41(29-16-7-5-8-17-29)48-42(50-43)30-18-9-6-10-19-30;8-7-9-5-3-1-2-4-6(5)10-7/h1-28H;5-28H,1-4H3;1-4H. The van der Waals surface area contributed by atoms with Crippen molar-refractivity contribution in [1.29, 1.82) is 0 Å². The number of rotatable bonds is 8. The average molecular weight is 1560 g/mol. The van der Waals surface area contributed by atoms with Gasteiger partial charge in [-0.15, -0.1) is 22.7 Å². The number of halogens is 1. The fourth-order valence-electron chi connectivity index (χ4n) is 17.2. The highest BCUT2D eigenvalue weighted by Crippen LogP contribution is 2.66. The number of aromatic nitrogens is 8. The summed E-state index contributed by atoms with van der Waals surface area (Å²) in [5.41, 5.74) is 20.7. The molecule has 0 radical (unpaired) electrons. The van der Waals surface area contributed by atoms with E-state index in [2.05, 4.69) is 196 Å². The van der Waals surface area contributed by atoms with Gasteiger partial charge in [-0.05, 0) is 132 Å². The molecule has 18 aromatic rings. The molecular formula is C100H68BClN8O4S2. The summed E-state index contributed by atoms with van der Waals surface area (Å²) in [5.74, 6) is 7.10. The molecule has 4 aromatic heterocycles. The first-order chi connectivity index (χ1) is 56.9. The molecule has 16 heteroatoms. The van der Waals surface area contributed by atoms with Gasteiger partial charge in [0, 0.05) is 61.2 Å². The third-order valence-electron chi connectivity index (χ3n) is 23.2. The Morgan fingerprint density at radius 2 is 0.621 bits per heavy atom. The summed E-state index contributed by atoms with van der Waals surface area (Å²) in [7, 11) is -0.527. The van der Waals surface area contributed by atoms with E-state index < -0.39 is 29.2 Å². The monoisotopic (exact) mass is 1550 g/mol. The van der Waals surface area contributed by atoms with Crippen LogP contribution in [0.5, 0.6) is 23.0 Å². The van der Waals surface area contributed by atoms with E-state index in [-0.39, 0.29) is 0 Å². The maximum Gasteiger partial charge on any atom is 0.494 e. The molecule has 0 N–H and O–H groups in total. The Morgan fingerprint density at radius 3 is 1.03 bits per heavy atom. The van der Waals surface area contributed by atoms with Crippen LogP contribution in [0, 0.1) is 0 Å². The van der Waals surface area contributed by atoms with Gasteiger partial charge >= 0.3 is 7.12 Å². The normalized spacial score (nSPS) is 14.6. The highest BCUT2D eigenvalue weighted by atomic mass is 35.5. The van der Waals surface area contributed by atoms with Crippen LogP contribution in [0.3, 0.4) is 0 Å². The molecule has 0 unspecified atom stereocenters. The maximum absolute atomic E-state index is 6.65. The fraction of sp³-hybridized carbons (Fsp3) is 0.0800. The SMILES string of the molecule is CC1(C)OB(c2ccc3c(c2)C2(c4ccccc4Oc4ccccc42)c2cccc(-c4nc(-c5ccccc5)nc(-c5ccccc5)n4)c2-3)OC1(C)C.Clc1nc2ccccc2s1.c1ccc(-c2nc(-c3ccccc3)nc(-c3cccc4c3-c3ccc(-c5nc6ccccc6s5)cc3C43c4ccccc4Oc4ccccc43)n2)cc1. The van der Waals surface area contributed by atoms with Gasteiger partial charge in [-0.1, -0.05) is 297 Å². The van der Waals surface area contributed by atoms with E-state index in [4.69, 9.17) is 65.3 Å². The minimum Gasteiger partial charge on any atom is -0.457 e. The summed E-state index contributed by atoms with van der Waals surface area (Å²) in [6.07, 6.45) is 0. The van der Waals surface area contributed by atoms with Gasteiger partial charge in [-0.2, -0.15) is 0 Å². The summed E-state index contributed by atoms with van der Waals surface area (Å²) < 4.78 is 29.5. The highest BCUT2D eigenvalue weighted by Gasteiger charge is 2.56. The molecule has 23 rings (SSSR count). The van der Waals surface area contributed by atoms with E-state index in [9.17, 15) is 0 Å². The first-order valence-corrected chi connectivity index (χ1v) is 40.6. The van der Waals surface area contributed by atoms with Crippen LogP contribution in [0.25, 0.3) is 122 Å². The lowest BCUT2D eigenvalue weighted by atomic mass is 9.65. The van der Waals surface area contributed by atoms with E-state index in [0.29, 0.717) is 39.4 Å². The predicted octanol–water partition coefficient (Wildman–Crippen LogP) is 24.2. The summed E-state index contributed by atoms with van der Waals surface area (Å²) >= 11 is 8.92. The van der Waals surface area contributed by atoms with Gasteiger partial charge in [0.1, 0.15) is 28.0 Å². The van der Waals surface area contributed by atoms with Crippen molar-refractivity contribution in [3.63, 3.8) is 0 Å². The Bertz CT molecular complexity index is 6640. The zero-order valence-corrected chi connectivity index (χ0v) is 65.7. The van der Waals surface area contributed by atoms with Crippen LogP contribution in [0.1, 0.15) is 72.2 Å². The van der Waals surface area contributed by atoms with Gasteiger partial charge < -0.3 is 18.8 Å². The van der Waals surface area contributed by atoms with Crippen LogP contribution in [-0.2, 0) is 20.1 Å². The molecule has 1 fully saturated rings. The molecule has 2 aliphatic carbocycles. The minimum absolute atomic E-state index is 0.478. The first kappa shape index (κ1) is 70.6. The first-order valence-electron chi connectivity index (χ1n) is 38.6. The molecule has 3 aliphatic heterocycles. The molecule has 554 valence electrons. The number of hydrogen-bond donors (Lipinski definition) is 0. The van der Waals surface area contributed by atoms with Crippen molar-refractivity contribution in [1.82, 2.24) is 39.9 Å². The number of hydrogen-bond acceptors (Lipinski definition) is 14. The van der Waals surface area contributed by atoms with Gasteiger partial charge in [-0.25, -0.2) is 39.9 Å². The van der Waals surface area contributed by atoms with E-state index in [1.807, 2.05) is 176 Å². The van der Waals surface area contributed by atoms with Crippen molar-refractivity contribution in [3.05, 3.63) is 389 Å². The molecule has 0 amide bonds. The Labute approximate surface area is 683 Å². The number of fused-ring (bicyclic) bond motifs is 20. The van der Waals surface area contributed by atoms with Gasteiger partial charge in [0.15, 0.2) is 39.4 Å². The van der Waals surface area contributed by atoms with Crippen LogP contribution in [-0.4, -0.2) is 58.2 Å². The van der Waals surface area contributed by atoms with Crippen LogP contribution < -0.4 is 14.9 Å². The minimum atomic E-state index is -0.705. The van der Waals surface area contributed by atoms with Gasteiger partial charge in [0.25, 0.3) is 0 Å². The lowest BCUT2D eigenvalue weighted by Crippen LogP contribution is -2.41. The van der Waals surface area contributed by atoms with E-state index in [1.54, 1.807) is 11.3 Å². The molecule has 1 saturated heterocycles. The Kier molecular flexibility index (Phi) is 17.1. The largest absolute Gasteiger partial charge is 0.494 e. The topological polar surface area (TPSA) is 140 Å². The van der Waals surface area contributed by atoms with Crippen LogP contribution in [0.2, 0.25) is 4.47 Å². The maximum atomic E-state index is 6.65. The summed E-state index contributed by atoms with van der Waals surface area (Å²) in [4.78, 5) is 40.0. The summed E-state index contributed by atoms with van der Waals surface area (Å²) in [6, 6.07) is 117. The number of ether oxygens (including phenoxy) is 2. The van der Waals surface area contributed by atoms with E-state index >= 15 is 0 Å². The van der Waals surface area contributed by atoms with Crippen molar-refractivity contribution in [2.45, 2.75) is 49.7 Å². The Hall–Kier alpha value is -13.2. The second-order valence-electron chi connectivity index (χ2n) is 30.3. The van der Waals surface area contributed by atoms with Gasteiger partial charge in [0.2, 0.25) is 0 Å². The van der Waals surface area contributed by atoms with Crippen molar-refractivity contribution in [2.75, 3.05) is 0 Å². The molecule has 116 heavy (non-hydrogen) atoms. The van der Waals surface area contributed by atoms with Crippen molar-refractivity contribution >= 4 is 67.3 Å². The van der Waals surface area contributed by atoms with Gasteiger partial charge in [-0.3, -0.25) is 0 Å². The third kappa shape index (κ3) is 11.6. The number of thiazole rings is 2. The smallest absolute Gasteiger partial charge is 0.457 e.